The van der Waals surface area contributed by atoms with Gasteiger partial charge in [-0.1, -0.05) is 0 Å². The van der Waals surface area contributed by atoms with Gasteiger partial charge in [0.2, 0.25) is 11.9 Å². The summed E-state index contributed by atoms with van der Waals surface area (Å²) in [5.41, 5.74) is 7.87. The van der Waals surface area contributed by atoms with E-state index in [0.29, 0.717) is 16.2 Å². The van der Waals surface area contributed by atoms with Crippen LogP contribution in [0.15, 0.2) is 41.3 Å². The first kappa shape index (κ1) is 16.7. The highest BCUT2D eigenvalue weighted by atomic mass is 79.9. The highest BCUT2D eigenvalue weighted by molar-refractivity contribution is 9.10. The second kappa shape index (κ2) is 7.26. The van der Waals surface area contributed by atoms with Gasteiger partial charge in [0.15, 0.2) is 5.82 Å². The van der Waals surface area contributed by atoms with E-state index in [-0.39, 0.29) is 5.95 Å². The van der Waals surface area contributed by atoms with Gasteiger partial charge in [0.05, 0.1) is 17.7 Å². The highest BCUT2D eigenvalue weighted by Gasteiger charge is 2.13. The smallest absolute Gasteiger partial charge is 0.229 e. The number of nitrogens with zero attached hydrogens (tertiary/aromatic N) is 6. The van der Waals surface area contributed by atoms with Gasteiger partial charge in [-0.25, -0.2) is 4.98 Å². The van der Waals surface area contributed by atoms with Crippen molar-refractivity contribution in [1.29, 1.82) is 0 Å². The van der Waals surface area contributed by atoms with Crippen LogP contribution in [0.3, 0.4) is 0 Å². The first-order chi connectivity index (χ1) is 12.7. The molecule has 134 valence electrons. The van der Waals surface area contributed by atoms with Crippen molar-refractivity contribution in [3.8, 4) is 5.82 Å². The van der Waals surface area contributed by atoms with Crippen LogP contribution in [0.4, 0.5) is 23.3 Å². The summed E-state index contributed by atoms with van der Waals surface area (Å²) < 4.78 is 7.50. The molecule has 0 spiro atoms. The Kier molecular flexibility index (Phi) is 4.67. The van der Waals surface area contributed by atoms with Gasteiger partial charge in [0, 0.05) is 30.7 Å². The van der Waals surface area contributed by atoms with E-state index in [0.717, 1.165) is 32.0 Å². The van der Waals surface area contributed by atoms with Crippen LogP contribution in [0.25, 0.3) is 5.82 Å². The van der Waals surface area contributed by atoms with Crippen LogP contribution < -0.4 is 16.0 Å². The number of rotatable bonds is 4. The Bertz CT molecular complexity index is 892. The van der Waals surface area contributed by atoms with Crippen LogP contribution in [0.2, 0.25) is 0 Å². The fourth-order valence-electron chi connectivity index (χ4n) is 2.69. The zero-order valence-electron chi connectivity index (χ0n) is 13.8. The summed E-state index contributed by atoms with van der Waals surface area (Å²) in [5.74, 6) is 1.21. The van der Waals surface area contributed by atoms with Crippen LogP contribution in [0.5, 0.6) is 0 Å². The number of halogens is 1. The Morgan fingerprint density at radius 1 is 1.12 bits per heavy atom. The second-order valence-corrected chi connectivity index (χ2v) is 6.52. The number of aromatic nitrogens is 5. The van der Waals surface area contributed by atoms with E-state index in [1.54, 1.807) is 6.20 Å². The molecular weight excluding hydrogens is 400 g/mol. The highest BCUT2D eigenvalue weighted by Crippen LogP contribution is 2.23. The Morgan fingerprint density at radius 3 is 2.58 bits per heavy atom. The number of benzene rings is 1. The van der Waals surface area contributed by atoms with Crippen molar-refractivity contribution >= 4 is 39.2 Å². The average Bonchev–Trinajstić information content (AvgIpc) is 3.10. The maximum atomic E-state index is 5.81. The van der Waals surface area contributed by atoms with Crippen molar-refractivity contribution in [2.24, 2.45) is 0 Å². The zero-order valence-corrected chi connectivity index (χ0v) is 15.4. The molecular formula is C16H17BrN8O. The quantitative estimate of drug-likeness (QED) is 0.664. The third-order valence-electron chi connectivity index (χ3n) is 4.00. The van der Waals surface area contributed by atoms with Gasteiger partial charge >= 0.3 is 0 Å². The third kappa shape index (κ3) is 3.46. The SMILES string of the molecule is Nc1ncnn1-c1nc(Nc2ccc(N3CCOCC3)cc2)ncc1Br. The minimum absolute atomic E-state index is 0.255. The van der Waals surface area contributed by atoms with Crippen molar-refractivity contribution in [2.45, 2.75) is 0 Å². The lowest BCUT2D eigenvalue weighted by molar-refractivity contribution is 0.122. The molecule has 1 saturated heterocycles. The molecule has 1 aliphatic heterocycles. The van der Waals surface area contributed by atoms with Gasteiger partial charge in [0.25, 0.3) is 0 Å². The molecule has 1 fully saturated rings. The van der Waals surface area contributed by atoms with Crippen molar-refractivity contribution in [1.82, 2.24) is 24.7 Å². The van der Waals surface area contributed by atoms with Gasteiger partial charge in [-0.3, -0.25) is 0 Å². The summed E-state index contributed by atoms with van der Waals surface area (Å²) in [6.07, 6.45) is 3.02. The summed E-state index contributed by atoms with van der Waals surface area (Å²) >= 11 is 3.41. The number of hydrogen-bond acceptors (Lipinski definition) is 8. The number of hydrogen-bond donors (Lipinski definition) is 2. The molecule has 0 aliphatic carbocycles. The fourth-order valence-corrected chi connectivity index (χ4v) is 3.05. The summed E-state index contributed by atoms with van der Waals surface area (Å²) in [6, 6.07) is 8.14. The Balaban J connectivity index is 1.53. The molecule has 9 nitrogen and oxygen atoms in total. The number of nitrogens with one attached hydrogen (secondary N) is 1. The minimum atomic E-state index is 0.255. The largest absolute Gasteiger partial charge is 0.378 e. The van der Waals surface area contributed by atoms with Crippen LogP contribution >= 0.6 is 15.9 Å². The van der Waals surface area contributed by atoms with Crippen LogP contribution in [-0.2, 0) is 4.74 Å². The molecule has 0 unspecified atom stereocenters. The van der Waals surface area contributed by atoms with Crippen molar-refractivity contribution in [2.75, 3.05) is 42.3 Å². The molecule has 0 saturated carbocycles. The van der Waals surface area contributed by atoms with Gasteiger partial charge in [-0.2, -0.15) is 19.7 Å². The van der Waals surface area contributed by atoms with E-state index in [1.807, 2.05) is 12.1 Å². The average molecular weight is 417 g/mol. The van der Waals surface area contributed by atoms with Crippen molar-refractivity contribution in [3.05, 3.63) is 41.3 Å². The molecule has 4 rings (SSSR count). The van der Waals surface area contributed by atoms with E-state index >= 15 is 0 Å². The molecule has 0 bridgehead atoms. The minimum Gasteiger partial charge on any atom is -0.378 e. The summed E-state index contributed by atoms with van der Waals surface area (Å²) in [7, 11) is 0. The Morgan fingerprint density at radius 2 is 1.88 bits per heavy atom. The number of anilines is 4. The molecule has 3 aromatic rings. The number of ether oxygens (including phenoxy) is 1. The predicted octanol–water partition coefficient (Wildman–Crippen LogP) is 1.98. The molecule has 0 radical (unpaired) electrons. The molecule has 0 atom stereocenters. The zero-order chi connectivity index (χ0) is 17.9. The van der Waals surface area contributed by atoms with E-state index in [4.69, 9.17) is 10.5 Å². The number of nitrogen functional groups attached to an aromatic ring is 1. The van der Waals surface area contributed by atoms with Gasteiger partial charge < -0.3 is 20.7 Å². The first-order valence-corrected chi connectivity index (χ1v) is 8.88. The molecule has 1 aromatic carbocycles. The standard InChI is InChI=1S/C16H17BrN8O/c17-13-9-19-16(23-14(13)25-15(18)20-10-21-25)22-11-1-3-12(4-2-11)24-5-7-26-8-6-24/h1-4,9-10H,5-8H2,(H2,18,20,21)(H,19,22,23). The van der Waals surface area contributed by atoms with Crippen molar-refractivity contribution < 1.29 is 4.74 Å². The van der Waals surface area contributed by atoms with Crippen LogP contribution in [0, 0.1) is 0 Å². The lowest BCUT2D eigenvalue weighted by atomic mass is 10.2. The summed E-state index contributed by atoms with van der Waals surface area (Å²) in [4.78, 5) is 15.0. The monoisotopic (exact) mass is 416 g/mol. The predicted molar refractivity (Wildman–Crippen MR) is 102 cm³/mol. The molecule has 0 amide bonds. The maximum Gasteiger partial charge on any atom is 0.229 e. The molecule has 3 heterocycles. The van der Waals surface area contributed by atoms with E-state index in [9.17, 15) is 0 Å². The molecule has 2 aromatic heterocycles. The second-order valence-electron chi connectivity index (χ2n) is 5.67. The van der Waals surface area contributed by atoms with Gasteiger partial charge in [-0.15, -0.1) is 0 Å². The molecule has 10 heteroatoms. The van der Waals surface area contributed by atoms with Gasteiger partial charge in [0.1, 0.15) is 6.33 Å². The topological polar surface area (TPSA) is 107 Å². The Hall–Kier alpha value is -2.72. The van der Waals surface area contributed by atoms with Crippen molar-refractivity contribution in [3.63, 3.8) is 0 Å². The van der Waals surface area contributed by atoms with Crippen LogP contribution in [-0.4, -0.2) is 51.0 Å². The summed E-state index contributed by atoms with van der Waals surface area (Å²) in [5, 5.41) is 7.27. The Labute approximate surface area is 158 Å². The number of nitrogens with two attached hydrogens (primary N) is 1. The normalized spacial score (nSPS) is 14.4. The lowest BCUT2D eigenvalue weighted by Crippen LogP contribution is -2.36. The summed E-state index contributed by atoms with van der Waals surface area (Å²) in [6.45, 7) is 3.35. The maximum absolute atomic E-state index is 5.81. The third-order valence-corrected chi connectivity index (χ3v) is 4.56. The van der Waals surface area contributed by atoms with Gasteiger partial charge in [-0.05, 0) is 40.2 Å². The molecule has 26 heavy (non-hydrogen) atoms. The first-order valence-electron chi connectivity index (χ1n) is 8.09. The molecule has 1 aliphatic rings. The fraction of sp³-hybridized carbons (Fsp3) is 0.250. The van der Waals surface area contributed by atoms with E-state index in [2.05, 4.69) is 58.3 Å². The molecule has 3 N–H and O–H groups in total. The van der Waals surface area contributed by atoms with E-state index < -0.39 is 0 Å². The number of morpholine rings is 1. The van der Waals surface area contributed by atoms with Crippen LogP contribution in [0.1, 0.15) is 0 Å². The lowest BCUT2D eigenvalue weighted by Gasteiger charge is -2.28. The van der Waals surface area contributed by atoms with E-state index in [1.165, 1.54) is 16.7 Å².